The SMILES string of the molecule is CC(=O)c1c(C)[nH]c(C(=O)N[C@@H](c2ccc3c(c2)OCCO3)C(C)C)c1C. The van der Waals surface area contributed by atoms with E-state index in [1.54, 1.807) is 13.8 Å². The minimum atomic E-state index is -0.225. The van der Waals surface area contributed by atoms with Crippen molar-refractivity contribution in [1.82, 2.24) is 10.3 Å². The molecule has 0 saturated heterocycles. The fourth-order valence-corrected chi connectivity index (χ4v) is 3.61. The second-order valence-electron chi connectivity index (χ2n) is 7.28. The minimum absolute atomic E-state index is 0.0486. The predicted octanol–water partition coefficient (Wildman–Crippen LogP) is 3.73. The summed E-state index contributed by atoms with van der Waals surface area (Å²) in [7, 11) is 0. The number of rotatable bonds is 5. The summed E-state index contributed by atoms with van der Waals surface area (Å²) in [5.41, 5.74) is 3.37. The van der Waals surface area contributed by atoms with Gasteiger partial charge in [0.2, 0.25) is 0 Å². The van der Waals surface area contributed by atoms with Crippen molar-refractivity contribution < 1.29 is 19.1 Å². The van der Waals surface area contributed by atoms with Gasteiger partial charge in [0.25, 0.3) is 5.91 Å². The summed E-state index contributed by atoms with van der Waals surface area (Å²) in [5.74, 6) is 1.31. The van der Waals surface area contributed by atoms with E-state index in [2.05, 4.69) is 24.1 Å². The van der Waals surface area contributed by atoms with Gasteiger partial charge in [0.1, 0.15) is 18.9 Å². The van der Waals surface area contributed by atoms with E-state index in [4.69, 9.17) is 9.47 Å². The molecule has 2 aromatic rings. The molecule has 2 heterocycles. The summed E-state index contributed by atoms with van der Waals surface area (Å²) < 4.78 is 11.2. The zero-order valence-electron chi connectivity index (χ0n) is 16.4. The maximum atomic E-state index is 12.9. The van der Waals surface area contributed by atoms with E-state index in [1.165, 1.54) is 6.92 Å². The number of ketones is 1. The zero-order chi connectivity index (χ0) is 19.7. The van der Waals surface area contributed by atoms with Gasteiger partial charge in [0.05, 0.1) is 6.04 Å². The second kappa shape index (κ2) is 7.47. The molecule has 1 aromatic carbocycles. The molecule has 0 radical (unpaired) electrons. The second-order valence-corrected chi connectivity index (χ2v) is 7.28. The molecule has 6 nitrogen and oxygen atoms in total. The maximum absolute atomic E-state index is 12.9. The van der Waals surface area contributed by atoms with Gasteiger partial charge in [-0.15, -0.1) is 0 Å². The topological polar surface area (TPSA) is 80.4 Å². The molecule has 1 amide bonds. The van der Waals surface area contributed by atoms with Crippen LogP contribution in [0.2, 0.25) is 0 Å². The van der Waals surface area contributed by atoms with Crippen molar-refractivity contribution in [2.75, 3.05) is 13.2 Å². The molecule has 6 heteroatoms. The fraction of sp³-hybridized carbons (Fsp3) is 0.429. The van der Waals surface area contributed by atoms with Crippen LogP contribution < -0.4 is 14.8 Å². The van der Waals surface area contributed by atoms with Gasteiger partial charge in [-0.1, -0.05) is 19.9 Å². The first kappa shape index (κ1) is 19.0. The number of carbonyl (C=O) groups is 2. The number of hydrogen-bond acceptors (Lipinski definition) is 4. The zero-order valence-corrected chi connectivity index (χ0v) is 16.4. The van der Waals surface area contributed by atoms with E-state index >= 15 is 0 Å². The lowest BCUT2D eigenvalue weighted by molar-refractivity contribution is 0.0920. The molecule has 2 N–H and O–H groups in total. The highest BCUT2D eigenvalue weighted by molar-refractivity contribution is 6.02. The number of fused-ring (bicyclic) bond motifs is 1. The molecule has 0 aliphatic carbocycles. The molecular weight excluding hydrogens is 344 g/mol. The average Bonchev–Trinajstić information content (AvgIpc) is 2.93. The quantitative estimate of drug-likeness (QED) is 0.786. The average molecular weight is 370 g/mol. The number of aromatic amines is 1. The van der Waals surface area contributed by atoms with Crippen molar-refractivity contribution in [2.24, 2.45) is 5.92 Å². The van der Waals surface area contributed by atoms with Crippen LogP contribution in [0.3, 0.4) is 0 Å². The number of amides is 1. The van der Waals surface area contributed by atoms with E-state index in [0.29, 0.717) is 41.5 Å². The Kier molecular flexibility index (Phi) is 5.26. The van der Waals surface area contributed by atoms with E-state index in [-0.39, 0.29) is 23.7 Å². The number of ether oxygens (including phenoxy) is 2. The lowest BCUT2D eigenvalue weighted by atomic mass is 9.95. The van der Waals surface area contributed by atoms with E-state index in [0.717, 1.165) is 11.3 Å². The van der Waals surface area contributed by atoms with Gasteiger partial charge >= 0.3 is 0 Å². The number of Topliss-reactive ketones (excluding diaryl/α,β-unsaturated/α-hetero) is 1. The first-order chi connectivity index (χ1) is 12.8. The highest BCUT2D eigenvalue weighted by Crippen LogP contribution is 2.34. The number of hydrogen-bond donors (Lipinski definition) is 2. The Morgan fingerprint density at radius 2 is 1.78 bits per heavy atom. The van der Waals surface area contributed by atoms with E-state index < -0.39 is 0 Å². The van der Waals surface area contributed by atoms with Crippen molar-refractivity contribution in [1.29, 1.82) is 0 Å². The van der Waals surface area contributed by atoms with Gasteiger partial charge in [-0.05, 0) is 49.9 Å². The smallest absolute Gasteiger partial charge is 0.268 e. The molecule has 0 saturated carbocycles. The Morgan fingerprint density at radius 1 is 1.11 bits per heavy atom. The number of aryl methyl sites for hydroxylation is 1. The molecule has 1 aromatic heterocycles. The molecule has 27 heavy (non-hydrogen) atoms. The normalized spacial score (nSPS) is 14.1. The van der Waals surface area contributed by atoms with Crippen LogP contribution in [0.5, 0.6) is 11.5 Å². The predicted molar refractivity (Wildman–Crippen MR) is 103 cm³/mol. The number of H-pyrrole nitrogens is 1. The van der Waals surface area contributed by atoms with Crippen LogP contribution >= 0.6 is 0 Å². The molecule has 0 fully saturated rings. The van der Waals surface area contributed by atoms with Crippen LogP contribution in [0.25, 0.3) is 0 Å². The molecule has 1 aliphatic heterocycles. The van der Waals surface area contributed by atoms with Crippen LogP contribution in [-0.2, 0) is 0 Å². The molecule has 1 atom stereocenters. The van der Waals surface area contributed by atoms with Gasteiger partial charge in [-0.3, -0.25) is 9.59 Å². The van der Waals surface area contributed by atoms with Crippen LogP contribution in [0, 0.1) is 19.8 Å². The fourth-order valence-electron chi connectivity index (χ4n) is 3.61. The lowest BCUT2D eigenvalue weighted by Crippen LogP contribution is -2.32. The molecule has 0 spiro atoms. The van der Waals surface area contributed by atoms with E-state index in [1.807, 2.05) is 18.2 Å². The van der Waals surface area contributed by atoms with Crippen molar-refractivity contribution in [2.45, 2.75) is 40.7 Å². The van der Waals surface area contributed by atoms with Crippen LogP contribution in [-0.4, -0.2) is 29.9 Å². The number of carbonyl (C=O) groups excluding carboxylic acids is 2. The highest BCUT2D eigenvalue weighted by atomic mass is 16.6. The van der Waals surface area contributed by atoms with Gasteiger partial charge < -0.3 is 19.8 Å². The third-order valence-corrected chi connectivity index (χ3v) is 4.90. The van der Waals surface area contributed by atoms with Crippen LogP contribution in [0.15, 0.2) is 18.2 Å². The summed E-state index contributed by atoms with van der Waals surface area (Å²) in [6, 6.07) is 5.56. The van der Waals surface area contributed by atoms with Gasteiger partial charge in [-0.25, -0.2) is 0 Å². The molecule has 1 aliphatic rings. The summed E-state index contributed by atoms with van der Waals surface area (Å²) >= 11 is 0. The van der Waals surface area contributed by atoms with Crippen molar-refractivity contribution in [3.05, 3.63) is 46.3 Å². The first-order valence-electron chi connectivity index (χ1n) is 9.20. The molecular formula is C21H26N2O4. The van der Waals surface area contributed by atoms with Crippen LogP contribution in [0.1, 0.15) is 64.5 Å². The van der Waals surface area contributed by atoms with Crippen molar-refractivity contribution in [3.63, 3.8) is 0 Å². The third kappa shape index (κ3) is 3.70. The first-order valence-corrected chi connectivity index (χ1v) is 9.20. The number of nitrogens with one attached hydrogen (secondary N) is 2. The molecule has 3 rings (SSSR count). The van der Waals surface area contributed by atoms with Gasteiger partial charge in [0, 0.05) is 11.3 Å². The maximum Gasteiger partial charge on any atom is 0.268 e. The monoisotopic (exact) mass is 370 g/mol. The Labute approximate surface area is 159 Å². The summed E-state index contributed by atoms with van der Waals surface area (Å²) in [5, 5.41) is 3.10. The Bertz CT molecular complexity index is 883. The molecule has 0 bridgehead atoms. The van der Waals surface area contributed by atoms with Crippen LogP contribution in [0.4, 0.5) is 0 Å². The summed E-state index contributed by atoms with van der Waals surface area (Å²) in [4.78, 5) is 27.8. The lowest BCUT2D eigenvalue weighted by Gasteiger charge is -2.25. The summed E-state index contributed by atoms with van der Waals surface area (Å²) in [6.07, 6.45) is 0. The Hall–Kier alpha value is -2.76. The number of benzene rings is 1. The minimum Gasteiger partial charge on any atom is -0.486 e. The molecule has 0 unspecified atom stereocenters. The van der Waals surface area contributed by atoms with Crippen molar-refractivity contribution in [3.8, 4) is 11.5 Å². The largest absolute Gasteiger partial charge is 0.486 e. The van der Waals surface area contributed by atoms with Gasteiger partial charge in [-0.2, -0.15) is 0 Å². The van der Waals surface area contributed by atoms with Gasteiger partial charge in [0.15, 0.2) is 17.3 Å². The van der Waals surface area contributed by atoms with Crippen molar-refractivity contribution >= 4 is 11.7 Å². The summed E-state index contributed by atoms with van der Waals surface area (Å²) in [6.45, 7) is 10.3. The third-order valence-electron chi connectivity index (χ3n) is 4.90. The standard InChI is InChI=1S/C21H26N2O4/c1-11(2)19(15-6-7-16-17(10-15)27-9-8-26-16)23-21(25)20-12(3)18(14(5)24)13(4)22-20/h6-7,10-11,19,22H,8-9H2,1-5H3,(H,23,25)/t19-/m1/s1. The Morgan fingerprint density at radius 3 is 2.37 bits per heavy atom. The highest BCUT2D eigenvalue weighted by Gasteiger charge is 2.25. The van der Waals surface area contributed by atoms with E-state index in [9.17, 15) is 9.59 Å². The number of aromatic nitrogens is 1. The molecule has 144 valence electrons. The Balaban J connectivity index is 1.88.